The van der Waals surface area contributed by atoms with Crippen molar-refractivity contribution in [2.24, 2.45) is 0 Å². The quantitative estimate of drug-likeness (QED) is 0.805. The van der Waals surface area contributed by atoms with Gasteiger partial charge >= 0.3 is 0 Å². The first kappa shape index (κ1) is 18.2. The number of ether oxygens (including phenoxy) is 1. The molecule has 2 heterocycles. The van der Waals surface area contributed by atoms with E-state index in [1.54, 1.807) is 0 Å². The molecule has 2 fully saturated rings. The predicted octanol–water partition coefficient (Wildman–Crippen LogP) is 2.60. The third-order valence-corrected chi connectivity index (χ3v) is 5.21. The van der Waals surface area contributed by atoms with Gasteiger partial charge in [-0.15, -0.1) is 0 Å². The lowest BCUT2D eigenvalue weighted by molar-refractivity contribution is 0.00399. The maximum atomic E-state index is 13.1. The molecule has 0 spiro atoms. The molecule has 0 radical (unpaired) electrons. The van der Waals surface area contributed by atoms with E-state index in [9.17, 15) is 4.79 Å². The second kappa shape index (κ2) is 8.68. The van der Waals surface area contributed by atoms with E-state index in [1.807, 2.05) is 17.9 Å². The average Bonchev–Trinajstić information content (AvgIpc) is 3.16. The number of nitrogens with zero attached hydrogens (tertiary/aromatic N) is 2. The Kier molecular flexibility index (Phi) is 6.32. The summed E-state index contributed by atoms with van der Waals surface area (Å²) < 4.78 is 5.78. The van der Waals surface area contributed by atoms with Gasteiger partial charge in [-0.1, -0.05) is 11.6 Å². The predicted molar refractivity (Wildman–Crippen MR) is 99.2 cm³/mol. The van der Waals surface area contributed by atoms with Crippen LogP contribution in [0.3, 0.4) is 0 Å². The van der Waals surface area contributed by atoms with Gasteiger partial charge in [0.25, 0.3) is 5.91 Å². The maximum absolute atomic E-state index is 13.1. The number of carbonyl (C=O) groups is 1. The number of hydrogen-bond acceptors (Lipinski definition) is 4. The monoisotopic (exact) mass is 346 g/mol. The standard InChI is InChI=1S/C20H30N2O3/c1-16-5-6-19(21-9-2-3-10-21)18(15-16)20(24)22-11-7-17(8-12-22)25-14-4-13-23/h5-6,15,17,23H,2-4,7-14H2,1H3. The molecule has 0 saturated carbocycles. The third kappa shape index (κ3) is 4.53. The highest BCUT2D eigenvalue weighted by Gasteiger charge is 2.27. The molecule has 5 nitrogen and oxygen atoms in total. The Labute approximate surface area is 150 Å². The van der Waals surface area contributed by atoms with Crippen molar-refractivity contribution in [2.45, 2.75) is 45.1 Å². The Morgan fingerprint density at radius 3 is 2.60 bits per heavy atom. The Hall–Kier alpha value is -1.59. The van der Waals surface area contributed by atoms with Crippen LogP contribution in [0, 0.1) is 6.92 Å². The van der Waals surface area contributed by atoms with E-state index in [-0.39, 0.29) is 18.6 Å². The number of likely N-dealkylation sites (tertiary alicyclic amines) is 1. The Morgan fingerprint density at radius 2 is 1.92 bits per heavy atom. The average molecular weight is 346 g/mol. The molecule has 2 saturated heterocycles. The molecule has 138 valence electrons. The van der Waals surface area contributed by atoms with Gasteiger partial charge in [0.2, 0.25) is 0 Å². The van der Waals surface area contributed by atoms with Gasteiger partial charge in [-0.3, -0.25) is 4.79 Å². The van der Waals surface area contributed by atoms with Gasteiger partial charge in [0, 0.05) is 45.1 Å². The smallest absolute Gasteiger partial charge is 0.255 e. The summed E-state index contributed by atoms with van der Waals surface area (Å²) in [7, 11) is 0. The molecule has 25 heavy (non-hydrogen) atoms. The van der Waals surface area contributed by atoms with Gasteiger partial charge < -0.3 is 19.6 Å². The molecule has 2 aliphatic rings. The summed E-state index contributed by atoms with van der Waals surface area (Å²) in [6.45, 7) is 6.40. The topological polar surface area (TPSA) is 53.0 Å². The minimum atomic E-state index is 0.152. The van der Waals surface area contributed by atoms with Gasteiger partial charge in [0.1, 0.15) is 0 Å². The fourth-order valence-corrected chi connectivity index (χ4v) is 3.77. The van der Waals surface area contributed by atoms with Crippen LogP contribution in [0.2, 0.25) is 0 Å². The first-order valence-electron chi connectivity index (χ1n) is 9.56. The summed E-state index contributed by atoms with van der Waals surface area (Å²) in [5.41, 5.74) is 3.07. The second-order valence-corrected chi connectivity index (χ2v) is 7.15. The molecule has 1 N–H and O–H groups in total. The van der Waals surface area contributed by atoms with Crippen molar-refractivity contribution >= 4 is 11.6 Å². The molecular formula is C20H30N2O3. The van der Waals surface area contributed by atoms with Crippen LogP contribution in [0.5, 0.6) is 0 Å². The zero-order valence-corrected chi connectivity index (χ0v) is 15.2. The number of anilines is 1. The molecule has 1 aromatic rings. The van der Waals surface area contributed by atoms with Crippen molar-refractivity contribution in [1.82, 2.24) is 4.90 Å². The van der Waals surface area contributed by atoms with Crippen molar-refractivity contribution in [3.05, 3.63) is 29.3 Å². The third-order valence-electron chi connectivity index (χ3n) is 5.21. The van der Waals surface area contributed by atoms with Gasteiger partial charge in [-0.05, 0) is 51.2 Å². The zero-order chi connectivity index (χ0) is 17.6. The lowest BCUT2D eigenvalue weighted by atomic mass is 10.0. The minimum Gasteiger partial charge on any atom is -0.396 e. The molecule has 1 amide bonds. The SMILES string of the molecule is Cc1ccc(N2CCCC2)c(C(=O)N2CCC(OCCCO)CC2)c1. The van der Waals surface area contributed by atoms with Crippen LogP contribution in [0.4, 0.5) is 5.69 Å². The summed E-state index contributed by atoms with van der Waals surface area (Å²) >= 11 is 0. The van der Waals surface area contributed by atoms with E-state index in [2.05, 4.69) is 17.0 Å². The number of aliphatic hydroxyl groups excluding tert-OH is 1. The van der Waals surface area contributed by atoms with Crippen molar-refractivity contribution < 1.29 is 14.6 Å². The van der Waals surface area contributed by atoms with Crippen LogP contribution in [0.25, 0.3) is 0 Å². The van der Waals surface area contributed by atoms with E-state index in [0.29, 0.717) is 13.0 Å². The number of aryl methyl sites for hydroxylation is 1. The highest BCUT2D eigenvalue weighted by molar-refractivity contribution is 6.00. The Balaban J connectivity index is 1.64. The first-order chi connectivity index (χ1) is 12.2. The van der Waals surface area contributed by atoms with Crippen LogP contribution in [-0.4, -0.2) is 61.4 Å². The summed E-state index contributed by atoms with van der Waals surface area (Å²) in [6, 6.07) is 6.25. The van der Waals surface area contributed by atoms with Crippen LogP contribution >= 0.6 is 0 Å². The van der Waals surface area contributed by atoms with Gasteiger partial charge in [-0.2, -0.15) is 0 Å². The van der Waals surface area contributed by atoms with E-state index in [0.717, 1.165) is 55.8 Å². The molecule has 0 unspecified atom stereocenters. The fraction of sp³-hybridized carbons (Fsp3) is 0.650. The maximum Gasteiger partial charge on any atom is 0.255 e. The number of hydrogen-bond donors (Lipinski definition) is 1. The largest absolute Gasteiger partial charge is 0.396 e. The number of benzene rings is 1. The van der Waals surface area contributed by atoms with Crippen LogP contribution in [0.1, 0.15) is 48.0 Å². The Bertz CT molecular complexity index is 576. The number of amides is 1. The highest BCUT2D eigenvalue weighted by Crippen LogP contribution is 2.28. The molecule has 1 aromatic carbocycles. The Morgan fingerprint density at radius 1 is 1.20 bits per heavy atom. The van der Waals surface area contributed by atoms with Crippen molar-refractivity contribution in [1.29, 1.82) is 0 Å². The number of piperidine rings is 1. The summed E-state index contributed by atoms with van der Waals surface area (Å²) in [4.78, 5) is 17.4. The molecule has 0 aliphatic carbocycles. The van der Waals surface area contributed by atoms with Crippen LogP contribution in [0.15, 0.2) is 18.2 Å². The van der Waals surface area contributed by atoms with Crippen LogP contribution in [-0.2, 0) is 4.74 Å². The highest BCUT2D eigenvalue weighted by atomic mass is 16.5. The van der Waals surface area contributed by atoms with Crippen molar-refractivity contribution in [3.8, 4) is 0 Å². The molecule has 2 aliphatic heterocycles. The number of rotatable bonds is 6. The van der Waals surface area contributed by atoms with Crippen molar-refractivity contribution in [2.75, 3.05) is 44.3 Å². The molecular weight excluding hydrogens is 316 g/mol. The molecule has 0 bridgehead atoms. The van der Waals surface area contributed by atoms with E-state index in [4.69, 9.17) is 9.84 Å². The molecule has 0 atom stereocenters. The fourth-order valence-electron chi connectivity index (χ4n) is 3.77. The lowest BCUT2D eigenvalue weighted by Crippen LogP contribution is -2.41. The van der Waals surface area contributed by atoms with Gasteiger partial charge in [0.05, 0.1) is 11.7 Å². The summed E-state index contributed by atoms with van der Waals surface area (Å²) in [5.74, 6) is 0.152. The zero-order valence-electron chi connectivity index (χ0n) is 15.2. The lowest BCUT2D eigenvalue weighted by Gasteiger charge is -2.33. The summed E-state index contributed by atoms with van der Waals surface area (Å²) in [5, 5.41) is 8.84. The van der Waals surface area contributed by atoms with E-state index < -0.39 is 0 Å². The van der Waals surface area contributed by atoms with Gasteiger partial charge in [-0.25, -0.2) is 0 Å². The van der Waals surface area contributed by atoms with E-state index >= 15 is 0 Å². The van der Waals surface area contributed by atoms with Crippen molar-refractivity contribution in [3.63, 3.8) is 0 Å². The molecule has 0 aromatic heterocycles. The minimum absolute atomic E-state index is 0.152. The van der Waals surface area contributed by atoms with Crippen LogP contribution < -0.4 is 4.90 Å². The number of aliphatic hydroxyl groups is 1. The number of carbonyl (C=O) groups excluding carboxylic acids is 1. The second-order valence-electron chi connectivity index (χ2n) is 7.15. The summed E-state index contributed by atoms with van der Waals surface area (Å²) in [6.07, 6.45) is 5.06. The van der Waals surface area contributed by atoms with E-state index in [1.165, 1.54) is 12.8 Å². The first-order valence-corrected chi connectivity index (χ1v) is 9.56. The normalized spacial score (nSPS) is 18.8. The molecule has 3 rings (SSSR count). The molecule has 5 heteroatoms. The van der Waals surface area contributed by atoms with Gasteiger partial charge in [0.15, 0.2) is 0 Å².